The summed E-state index contributed by atoms with van der Waals surface area (Å²) >= 11 is 6.23. The minimum absolute atomic E-state index is 0.105. The van der Waals surface area contributed by atoms with Gasteiger partial charge in [0.2, 0.25) is 11.7 Å². The third-order valence-corrected chi connectivity index (χ3v) is 5.53. The summed E-state index contributed by atoms with van der Waals surface area (Å²) in [6, 6.07) is 14.4. The molecule has 3 aromatic rings. The number of benzene rings is 2. The molecule has 0 saturated heterocycles. The van der Waals surface area contributed by atoms with Gasteiger partial charge < -0.3 is 10.6 Å². The molecule has 1 aromatic heterocycles. The molecule has 1 heterocycles. The first-order valence-corrected chi connectivity index (χ1v) is 10.7. The lowest BCUT2D eigenvalue weighted by atomic mass is 9.95. The highest BCUT2D eigenvalue weighted by molar-refractivity contribution is 6.34. The monoisotopic (exact) mass is 438 g/mol. The molecule has 9 heteroatoms. The van der Waals surface area contributed by atoms with E-state index in [0.29, 0.717) is 22.1 Å². The Bertz CT molecular complexity index is 1060. The van der Waals surface area contributed by atoms with Crippen LogP contribution in [0.3, 0.4) is 0 Å². The average Bonchev–Trinajstić information content (AvgIpc) is 3.24. The zero-order chi connectivity index (χ0) is 21.6. The molecule has 0 unspecified atom stereocenters. The Morgan fingerprint density at radius 2 is 1.84 bits per heavy atom. The minimum Gasteiger partial charge on any atom is -0.349 e. The Morgan fingerprint density at radius 3 is 2.61 bits per heavy atom. The number of hydrogen-bond donors (Lipinski definition) is 2. The van der Waals surface area contributed by atoms with E-state index in [0.717, 1.165) is 31.2 Å². The molecule has 8 nitrogen and oxygen atoms in total. The zero-order valence-electron chi connectivity index (χ0n) is 16.9. The van der Waals surface area contributed by atoms with Crippen LogP contribution in [-0.2, 0) is 11.3 Å². The van der Waals surface area contributed by atoms with Gasteiger partial charge in [0.1, 0.15) is 6.54 Å². The molecule has 160 valence electrons. The van der Waals surface area contributed by atoms with Crippen LogP contribution in [-0.4, -0.2) is 38.1 Å². The number of nitrogens with one attached hydrogen (secondary N) is 2. The number of aromatic nitrogens is 4. The molecule has 2 amide bonds. The number of halogens is 1. The number of carbonyl (C=O) groups is 2. The summed E-state index contributed by atoms with van der Waals surface area (Å²) in [7, 11) is 0. The van der Waals surface area contributed by atoms with Crippen molar-refractivity contribution in [3.8, 4) is 11.4 Å². The summed E-state index contributed by atoms with van der Waals surface area (Å²) in [5.41, 5.74) is 1.64. The van der Waals surface area contributed by atoms with Gasteiger partial charge in [-0.05, 0) is 36.3 Å². The quantitative estimate of drug-likeness (QED) is 0.611. The molecule has 2 N–H and O–H groups in total. The lowest BCUT2D eigenvalue weighted by Crippen LogP contribution is -2.36. The summed E-state index contributed by atoms with van der Waals surface area (Å²) in [6.45, 7) is -0.105. The second-order valence-electron chi connectivity index (χ2n) is 7.56. The number of hydrogen-bond acceptors (Lipinski definition) is 5. The summed E-state index contributed by atoms with van der Waals surface area (Å²) < 4.78 is 0. The first-order chi connectivity index (χ1) is 15.1. The van der Waals surface area contributed by atoms with Gasteiger partial charge in [0.05, 0.1) is 10.6 Å². The molecule has 31 heavy (non-hydrogen) atoms. The van der Waals surface area contributed by atoms with E-state index in [1.165, 1.54) is 11.2 Å². The normalized spacial score (nSPS) is 14.2. The smallest absolute Gasteiger partial charge is 0.253 e. The van der Waals surface area contributed by atoms with E-state index < -0.39 is 0 Å². The van der Waals surface area contributed by atoms with E-state index in [1.807, 2.05) is 30.3 Å². The maximum Gasteiger partial charge on any atom is 0.253 e. The Kier molecular flexibility index (Phi) is 6.57. The molecule has 0 radical (unpaired) electrons. The topological polar surface area (TPSA) is 102 Å². The van der Waals surface area contributed by atoms with Gasteiger partial charge in [-0.2, -0.15) is 4.80 Å². The average molecular weight is 439 g/mol. The van der Waals surface area contributed by atoms with Crippen molar-refractivity contribution in [2.45, 2.75) is 44.7 Å². The van der Waals surface area contributed by atoms with Crippen molar-refractivity contribution in [2.24, 2.45) is 0 Å². The molecule has 0 bridgehead atoms. The first kappa shape index (κ1) is 21.0. The molecule has 1 fully saturated rings. The second-order valence-corrected chi connectivity index (χ2v) is 7.97. The number of carbonyl (C=O) groups excluding carboxylic acids is 2. The highest BCUT2D eigenvalue weighted by Crippen LogP contribution is 2.23. The molecule has 1 aliphatic rings. The molecule has 0 aliphatic heterocycles. The van der Waals surface area contributed by atoms with Crippen LogP contribution in [0.4, 0.5) is 5.69 Å². The fraction of sp³-hybridized carbons (Fsp3) is 0.318. The van der Waals surface area contributed by atoms with Crippen molar-refractivity contribution < 1.29 is 9.59 Å². The van der Waals surface area contributed by atoms with Gasteiger partial charge in [0.25, 0.3) is 5.91 Å². The molecular formula is C22H23ClN6O2. The van der Waals surface area contributed by atoms with Crippen LogP contribution >= 0.6 is 11.6 Å². The molecule has 1 aliphatic carbocycles. The van der Waals surface area contributed by atoms with Crippen molar-refractivity contribution >= 4 is 29.1 Å². The third kappa shape index (κ3) is 5.46. The molecular weight excluding hydrogens is 416 g/mol. The minimum atomic E-state index is -0.335. The summed E-state index contributed by atoms with van der Waals surface area (Å²) in [5, 5.41) is 18.3. The second kappa shape index (κ2) is 9.70. The SMILES string of the molecule is O=C(Cn1nnc(-c2ccccc2)n1)Nc1ccc(Cl)c(C(=O)NC2CCCCC2)c1. The van der Waals surface area contributed by atoms with Crippen molar-refractivity contribution in [1.82, 2.24) is 25.5 Å². The van der Waals surface area contributed by atoms with Crippen LogP contribution in [0.1, 0.15) is 42.5 Å². The van der Waals surface area contributed by atoms with Crippen LogP contribution in [0.25, 0.3) is 11.4 Å². The number of amides is 2. The Labute approximate surface area is 185 Å². The maximum absolute atomic E-state index is 12.7. The lowest BCUT2D eigenvalue weighted by molar-refractivity contribution is -0.117. The fourth-order valence-corrected chi connectivity index (χ4v) is 3.83. The van der Waals surface area contributed by atoms with E-state index in [-0.39, 0.29) is 24.4 Å². The van der Waals surface area contributed by atoms with E-state index >= 15 is 0 Å². The summed E-state index contributed by atoms with van der Waals surface area (Å²) in [6.07, 6.45) is 5.42. The van der Waals surface area contributed by atoms with Gasteiger partial charge in [0, 0.05) is 17.3 Å². The number of anilines is 1. The summed E-state index contributed by atoms with van der Waals surface area (Å²) in [4.78, 5) is 26.3. The van der Waals surface area contributed by atoms with Crippen LogP contribution in [0, 0.1) is 0 Å². The first-order valence-electron chi connectivity index (χ1n) is 10.3. The van der Waals surface area contributed by atoms with Gasteiger partial charge in [-0.15, -0.1) is 10.2 Å². The van der Waals surface area contributed by atoms with E-state index in [4.69, 9.17) is 11.6 Å². The molecule has 0 atom stereocenters. The van der Waals surface area contributed by atoms with Gasteiger partial charge in [-0.25, -0.2) is 0 Å². The summed E-state index contributed by atoms with van der Waals surface area (Å²) in [5.74, 6) is -0.113. The lowest BCUT2D eigenvalue weighted by Gasteiger charge is -2.23. The Hall–Kier alpha value is -3.26. The highest BCUT2D eigenvalue weighted by atomic mass is 35.5. The van der Waals surface area contributed by atoms with Gasteiger partial charge in [0.15, 0.2) is 0 Å². The van der Waals surface area contributed by atoms with Crippen LogP contribution < -0.4 is 10.6 Å². The zero-order valence-corrected chi connectivity index (χ0v) is 17.7. The Balaban J connectivity index is 1.39. The third-order valence-electron chi connectivity index (χ3n) is 5.20. The number of rotatable bonds is 6. The van der Waals surface area contributed by atoms with Crippen LogP contribution in [0.15, 0.2) is 48.5 Å². The predicted octanol–water partition coefficient (Wildman–Crippen LogP) is 3.69. The van der Waals surface area contributed by atoms with Crippen molar-refractivity contribution in [1.29, 1.82) is 0 Å². The van der Waals surface area contributed by atoms with Crippen LogP contribution in [0.5, 0.6) is 0 Å². The van der Waals surface area contributed by atoms with E-state index in [1.54, 1.807) is 18.2 Å². The van der Waals surface area contributed by atoms with E-state index in [2.05, 4.69) is 26.0 Å². The Morgan fingerprint density at radius 1 is 1.06 bits per heavy atom. The molecule has 1 saturated carbocycles. The predicted molar refractivity (Wildman–Crippen MR) is 118 cm³/mol. The standard InChI is InChI=1S/C22H23ClN6O2/c23-19-12-11-17(13-18(19)22(31)25-16-9-5-2-6-10-16)24-20(30)14-29-27-21(26-28-29)15-7-3-1-4-8-15/h1,3-4,7-8,11-13,16H,2,5-6,9-10,14H2,(H,24,30)(H,25,31). The molecule has 0 spiro atoms. The van der Waals surface area contributed by atoms with Gasteiger partial charge >= 0.3 is 0 Å². The number of tetrazole rings is 1. The van der Waals surface area contributed by atoms with Crippen molar-refractivity contribution in [3.05, 3.63) is 59.1 Å². The van der Waals surface area contributed by atoms with Crippen molar-refractivity contribution in [2.75, 3.05) is 5.32 Å². The largest absolute Gasteiger partial charge is 0.349 e. The molecule has 4 rings (SSSR count). The maximum atomic E-state index is 12.7. The van der Waals surface area contributed by atoms with Crippen molar-refractivity contribution in [3.63, 3.8) is 0 Å². The van der Waals surface area contributed by atoms with E-state index in [9.17, 15) is 9.59 Å². The van der Waals surface area contributed by atoms with Gasteiger partial charge in [-0.1, -0.05) is 61.2 Å². The number of nitrogens with zero attached hydrogens (tertiary/aromatic N) is 4. The highest BCUT2D eigenvalue weighted by Gasteiger charge is 2.19. The van der Waals surface area contributed by atoms with Crippen LogP contribution in [0.2, 0.25) is 5.02 Å². The fourth-order valence-electron chi connectivity index (χ4n) is 3.63. The molecule has 2 aromatic carbocycles. The van der Waals surface area contributed by atoms with Gasteiger partial charge in [-0.3, -0.25) is 9.59 Å².